The number of nitrogens with zero attached hydrogens (tertiary/aromatic N) is 3. The van der Waals surface area contributed by atoms with Crippen molar-refractivity contribution in [3.8, 4) is 50.3 Å². The highest BCUT2D eigenvalue weighted by Crippen LogP contribution is 2.63. The number of hydrogen-bond donors (Lipinski definition) is 0. The van der Waals surface area contributed by atoms with Gasteiger partial charge in [-0.15, -0.1) is 0 Å². The molecule has 0 saturated carbocycles. The Kier molecular flexibility index (Phi) is 5.28. The van der Waals surface area contributed by atoms with Crippen molar-refractivity contribution in [2.24, 2.45) is 0 Å². The van der Waals surface area contributed by atoms with Crippen LogP contribution in [0.4, 0.5) is 0 Å². The smallest absolute Gasteiger partial charge is 0.302 e. The summed E-state index contributed by atoms with van der Waals surface area (Å²) in [6.45, 7) is 2.22. The molecule has 0 saturated heterocycles. The lowest BCUT2D eigenvalue weighted by Crippen LogP contribution is -2.38. The molecule has 3 aliphatic rings. The van der Waals surface area contributed by atoms with Crippen LogP contribution in [-0.2, 0) is 5.41 Å². The Hall–Kier alpha value is -5.61. The van der Waals surface area contributed by atoms with Crippen LogP contribution in [0.1, 0.15) is 48.2 Å². The number of aromatic nitrogens is 3. The van der Waals surface area contributed by atoms with Crippen LogP contribution in [0, 0.1) is 0 Å². The molecule has 0 amide bonds. The van der Waals surface area contributed by atoms with E-state index < -0.39 is 5.41 Å². The zero-order valence-corrected chi connectivity index (χ0v) is 25.4. The van der Waals surface area contributed by atoms with E-state index in [9.17, 15) is 0 Å². The Morgan fingerprint density at radius 1 is 0.630 bits per heavy atom. The quantitative estimate of drug-likeness (QED) is 0.191. The number of hydrogen-bond acceptors (Lipinski definition) is 3. The fourth-order valence-corrected chi connectivity index (χ4v) is 8.50. The normalized spacial score (nSPS) is 17.9. The summed E-state index contributed by atoms with van der Waals surface area (Å²) in [5.74, 6) is 0.971. The van der Waals surface area contributed by atoms with Gasteiger partial charge in [-0.1, -0.05) is 79.7 Å². The van der Waals surface area contributed by atoms with E-state index in [1.807, 2.05) is 12.4 Å². The monoisotopic (exact) mass is 592 g/mol. The van der Waals surface area contributed by atoms with Gasteiger partial charge in [-0.3, -0.25) is 0 Å². The summed E-state index contributed by atoms with van der Waals surface area (Å²) in [5, 5.41) is 1.22. The molecule has 0 bridgehead atoms. The second-order valence-corrected chi connectivity index (χ2v) is 12.6. The van der Waals surface area contributed by atoms with E-state index in [1.165, 1.54) is 66.5 Å². The third kappa shape index (κ3) is 3.26. The number of ether oxygens (including phenoxy) is 1. The van der Waals surface area contributed by atoms with Crippen molar-refractivity contribution in [3.05, 3.63) is 156 Å². The van der Waals surface area contributed by atoms with Crippen LogP contribution in [0.15, 0.2) is 134 Å². The molecule has 2 unspecified atom stereocenters. The highest BCUT2D eigenvalue weighted by Gasteiger charge is 2.51. The Morgan fingerprint density at radius 2 is 1.26 bits per heavy atom. The Balaban J connectivity index is 1.26. The molecule has 2 atom stereocenters. The lowest BCUT2D eigenvalue weighted by atomic mass is 9.70. The third-order valence-electron chi connectivity index (χ3n) is 10.4. The van der Waals surface area contributed by atoms with Crippen molar-refractivity contribution >= 4 is 10.9 Å². The molecule has 0 radical (unpaired) electrons. The van der Waals surface area contributed by atoms with Gasteiger partial charge in [0.05, 0.1) is 10.8 Å². The summed E-state index contributed by atoms with van der Waals surface area (Å²) in [5.41, 5.74) is 15.8. The average Bonchev–Trinajstić information content (AvgIpc) is 3.73. The van der Waals surface area contributed by atoms with E-state index >= 15 is 0 Å². The second kappa shape index (κ2) is 9.45. The molecule has 10 rings (SSSR count). The summed E-state index contributed by atoms with van der Waals surface area (Å²) in [7, 11) is 0. The first-order valence-corrected chi connectivity index (χ1v) is 16.2. The molecular weight excluding hydrogens is 562 g/mol. The first-order valence-electron chi connectivity index (χ1n) is 16.2. The molecular formula is C42H30N3O+. The maximum atomic E-state index is 6.43. The van der Waals surface area contributed by atoms with Crippen molar-refractivity contribution in [1.29, 1.82) is 0 Å². The minimum Gasteiger partial charge on any atom is -0.427 e. The van der Waals surface area contributed by atoms with E-state index in [4.69, 9.17) is 4.74 Å². The van der Waals surface area contributed by atoms with Gasteiger partial charge in [0.15, 0.2) is 11.9 Å². The zero-order valence-electron chi connectivity index (χ0n) is 25.4. The Morgan fingerprint density at radius 3 is 1.98 bits per heavy atom. The van der Waals surface area contributed by atoms with Crippen LogP contribution >= 0.6 is 0 Å². The fourth-order valence-electron chi connectivity index (χ4n) is 8.50. The van der Waals surface area contributed by atoms with Crippen LogP contribution in [0.25, 0.3) is 55.4 Å². The number of fused-ring (bicyclic) bond motifs is 10. The Labute approximate surface area is 267 Å². The van der Waals surface area contributed by atoms with Gasteiger partial charge in [0, 0.05) is 30.4 Å². The predicted octanol–water partition coefficient (Wildman–Crippen LogP) is 9.29. The van der Waals surface area contributed by atoms with Crippen molar-refractivity contribution in [1.82, 2.24) is 9.97 Å². The molecule has 2 aliphatic carbocycles. The number of pyridine rings is 1. The first kappa shape index (κ1) is 25.7. The molecule has 7 aromatic rings. The highest BCUT2D eigenvalue weighted by atomic mass is 16.5. The number of benzene rings is 5. The summed E-state index contributed by atoms with van der Waals surface area (Å²) in [4.78, 5) is 8.67. The average molecular weight is 593 g/mol. The maximum Gasteiger partial charge on any atom is 0.302 e. The zero-order chi connectivity index (χ0) is 30.4. The lowest BCUT2D eigenvalue weighted by molar-refractivity contribution is -0.719. The van der Waals surface area contributed by atoms with E-state index in [0.29, 0.717) is 0 Å². The van der Waals surface area contributed by atoms with E-state index in [-0.39, 0.29) is 6.23 Å². The van der Waals surface area contributed by atoms with Gasteiger partial charge in [0.2, 0.25) is 0 Å². The maximum absolute atomic E-state index is 6.43. The molecule has 218 valence electrons. The minimum absolute atomic E-state index is 0.0486. The van der Waals surface area contributed by atoms with Crippen molar-refractivity contribution in [2.75, 3.05) is 0 Å². The lowest BCUT2D eigenvalue weighted by Gasteiger charge is -2.31. The highest BCUT2D eigenvalue weighted by molar-refractivity contribution is 6.00. The van der Waals surface area contributed by atoms with Crippen molar-refractivity contribution < 1.29 is 9.30 Å². The molecule has 46 heavy (non-hydrogen) atoms. The molecule has 1 spiro atoms. The molecule has 2 aromatic heterocycles. The predicted molar refractivity (Wildman–Crippen MR) is 181 cm³/mol. The van der Waals surface area contributed by atoms with Gasteiger partial charge in [-0.25, -0.2) is 9.97 Å². The molecule has 1 aliphatic heterocycles. The number of rotatable bonds is 4. The molecule has 5 aromatic carbocycles. The van der Waals surface area contributed by atoms with E-state index in [0.717, 1.165) is 29.7 Å². The molecule has 0 N–H and O–H groups in total. The molecule has 3 heterocycles. The Bertz CT molecular complexity index is 2370. The first-order chi connectivity index (χ1) is 22.8. The van der Waals surface area contributed by atoms with Crippen LogP contribution in [0.2, 0.25) is 0 Å². The largest absolute Gasteiger partial charge is 0.427 e. The van der Waals surface area contributed by atoms with Crippen molar-refractivity contribution in [3.63, 3.8) is 0 Å². The second-order valence-electron chi connectivity index (χ2n) is 12.6. The van der Waals surface area contributed by atoms with Gasteiger partial charge < -0.3 is 4.74 Å². The SMILES string of the molecule is CCCC1Oc2ccc(-c3ccc4c(c3)C3(c5ccccc5-c5ccc(-c6cncnc6)cc53)c3ccccc3-4)c3ccc[n+]1c23. The summed E-state index contributed by atoms with van der Waals surface area (Å²) in [6.07, 6.45) is 9.68. The minimum atomic E-state index is -0.446. The fraction of sp³-hybridized carbons (Fsp3) is 0.119. The van der Waals surface area contributed by atoms with Crippen LogP contribution in [0.5, 0.6) is 5.75 Å². The molecule has 0 fully saturated rings. The standard InChI is InChI=1S/C42H30N3O/c1-2-8-40-45-20-7-11-34-29(18-19-39(46-40)41(34)45)27-15-17-33-31-10-4-6-13-36(31)42(38(33)22-27)35-12-5-3-9-30(35)32-16-14-26(21-37(32)42)28-23-43-25-44-24-28/h3-7,9-25,40H,2,8H2,1H3/q+1. The van der Waals surface area contributed by atoms with Crippen LogP contribution in [0.3, 0.4) is 0 Å². The third-order valence-corrected chi connectivity index (χ3v) is 10.4. The molecule has 4 nitrogen and oxygen atoms in total. The van der Waals surface area contributed by atoms with Gasteiger partial charge in [-0.2, -0.15) is 4.57 Å². The van der Waals surface area contributed by atoms with Gasteiger partial charge in [0.1, 0.15) is 6.33 Å². The van der Waals surface area contributed by atoms with Crippen LogP contribution < -0.4 is 9.30 Å². The van der Waals surface area contributed by atoms with Gasteiger partial charge >= 0.3 is 6.23 Å². The topological polar surface area (TPSA) is 38.9 Å². The van der Waals surface area contributed by atoms with Crippen LogP contribution in [-0.4, -0.2) is 9.97 Å². The van der Waals surface area contributed by atoms with Gasteiger partial charge in [-0.05, 0) is 98.0 Å². The molecule has 4 heteroatoms. The van der Waals surface area contributed by atoms with E-state index in [2.05, 4.69) is 137 Å². The summed E-state index contributed by atoms with van der Waals surface area (Å²) < 4.78 is 8.75. The summed E-state index contributed by atoms with van der Waals surface area (Å²) >= 11 is 0. The van der Waals surface area contributed by atoms with E-state index in [1.54, 1.807) is 6.33 Å². The summed E-state index contributed by atoms with van der Waals surface area (Å²) in [6, 6.07) is 40.8. The van der Waals surface area contributed by atoms with Crippen molar-refractivity contribution in [2.45, 2.75) is 31.4 Å². The van der Waals surface area contributed by atoms with Gasteiger partial charge in [0.25, 0.3) is 5.52 Å².